The van der Waals surface area contributed by atoms with Crippen LogP contribution >= 0.6 is 11.8 Å². The van der Waals surface area contributed by atoms with Gasteiger partial charge in [-0.3, -0.25) is 14.9 Å². The lowest BCUT2D eigenvalue weighted by Gasteiger charge is -2.32. The summed E-state index contributed by atoms with van der Waals surface area (Å²) in [7, 11) is -1.67. The SMILES string of the molecule is Cn1ccc2cc(S(=O)(=O)NCC3CCN(c4nccc(/C=C5\SC(=O)NC5=O)n4)CC3)ccc21. The number of thioether (sulfide) groups is 1. The van der Waals surface area contributed by atoms with E-state index in [1.807, 2.05) is 34.8 Å². The first-order valence-electron chi connectivity index (χ1n) is 11.2. The second kappa shape index (κ2) is 9.44. The van der Waals surface area contributed by atoms with Gasteiger partial charge in [-0.25, -0.2) is 23.1 Å². The number of hydrogen-bond acceptors (Lipinski definition) is 8. The Bertz CT molecular complexity index is 1440. The van der Waals surface area contributed by atoms with E-state index in [2.05, 4.69) is 20.0 Å². The van der Waals surface area contributed by atoms with Crippen molar-refractivity contribution < 1.29 is 18.0 Å². The molecule has 10 nitrogen and oxygen atoms in total. The van der Waals surface area contributed by atoms with Gasteiger partial charge in [0.2, 0.25) is 16.0 Å². The summed E-state index contributed by atoms with van der Waals surface area (Å²) < 4.78 is 30.4. The van der Waals surface area contributed by atoms with E-state index in [1.165, 1.54) is 0 Å². The number of rotatable bonds is 6. The van der Waals surface area contributed by atoms with Crippen LogP contribution in [-0.4, -0.2) is 53.7 Å². The lowest BCUT2D eigenvalue weighted by atomic mass is 9.97. The Morgan fingerprint density at radius 2 is 2.00 bits per heavy atom. The van der Waals surface area contributed by atoms with Gasteiger partial charge in [-0.1, -0.05) is 0 Å². The molecule has 5 rings (SSSR count). The van der Waals surface area contributed by atoms with Gasteiger partial charge in [0.15, 0.2) is 0 Å². The number of sulfonamides is 1. The summed E-state index contributed by atoms with van der Waals surface area (Å²) in [6.45, 7) is 1.75. The van der Waals surface area contributed by atoms with Gasteiger partial charge < -0.3 is 9.47 Å². The number of anilines is 1. The largest absolute Gasteiger partial charge is 0.351 e. The van der Waals surface area contributed by atoms with Crippen LogP contribution in [0.4, 0.5) is 10.7 Å². The van der Waals surface area contributed by atoms with E-state index in [4.69, 9.17) is 0 Å². The maximum Gasteiger partial charge on any atom is 0.290 e. The summed E-state index contributed by atoms with van der Waals surface area (Å²) in [4.78, 5) is 34.6. The van der Waals surface area contributed by atoms with Gasteiger partial charge in [0.05, 0.1) is 15.5 Å². The van der Waals surface area contributed by atoms with Gasteiger partial charge in [-0.15, -0.1) is 0 Å². The fraction of sp³-hybridized carbons (Fsp3) is 0.304. The predicted molar refractivity (Wildman–Crippen MR) is 134 cm³/mol. The highest BCUT2D eigenvalue weighted by atomic mass is 32.2. The Morgan fingerprint density at radius 3 is 2.74 bits per heavy atom. The minimum absolute atomic E-state index is 0.205. The van der Waals surface area contributed by atoms with E-state index in [9.17, 15) is 18.0 Å². The lowest BCUT2D eigenvalue weighted by molar-refractivity contribution is -0.115. The molecule has 1 aromatic carbocycles. The molecule has 2 aromatic heterocycles. The molecule has 3 aromatic rings. The number of carbonyl (C=O) groups excluding carboxylic acids is 2. The summed E-state index contributed by atoms with van der Waals surface area (Å²) in [6.07, 6.45) is 6.69. The number of benzene rings is 1. The van der Waals surface area contributed by atoms with Crippen molar-refractivity contribution in [3.8, 4) is 0 Å². The quantitative estimate of drug-likeness (QED) is 0.483. The molecule has 2 aliphatic rings. The standard InChI is InChI=1S/C23H24N6O4S2/c1-28-9-7-16-12-18(2-3-19(16)28)35(32,33)25-14-15-5-10-29(11-6-15)22-24-8-4-17(26-22)13-20-21(30)27-23(31)34-20/h2-4,7-9,12-13,15,25H,5-6,10-11,14H2,1H3,(H,27,30,31)/b20-13-. The van der Waals surface area contributed by atoms with Gasteiger partial charge in [0, 0.05) is 50.0 Å². The van der Waals surface area contributed by atoms with Crippen LogP contribution in [0.3, 0.4) is 0 Å². The molecule has 2 aliphatic heterocycles. The number of aromatic nitrogens is 3. The zero-order valence-corrected chi connectivity index (χ0v) is 20.6. The van der Waals surface area contributed by atoms with Crippen LogP contribution in [0.2, 0.25) is 0 Å². The molecule has 0 atom stereocenters. The van der Waals surface area contributed by atoms with Gasteiger partial charge in [-0.05, 0) is 66.9 Å². The monoisotopic (exact) mass is 512 g/mol. The molecule has 2 saturated heterocycles. The van der Waals surface area contributed by atoms with Gasteiger partial charge >= 0.3 is 0 Å². The number of hydrogen-bond donors (Lipinski definition) is 2. The van der Waals surface area contributed by atoms with Crippen LogP contribution in [0.1, 0.15) is 18.5 Å². The molecule has 0 bridgehead atoms. The van der Waals surface area contributed by atoms with Gasteiger partial charge in [-0.2, -0.15) is 0 Å². The van der Waals surface area contributed by atoms with E-state index in [0.717, 1.165) is 35.5 Å². The van der Waals surface area contributed by atoms with Crippen molar-refractivity contribution in [1.29, 1.82) is 0 Å². The molecule has 0 spiro atoms. The normalized spacial score (nSPS) is 18.5. The molecule has 0 aliphatic carbocycles. The zero-order chi connectivity index (χ0) is 24.6. The minimum Gasteiger partial charge on any atom is -0.351 e. The first-order chi connectivity index (χ1) is 16.8. The number of nitrogens with zero attached hydrogens (tertiary/aromatic N) is 4. The fourth-order valence-electron chi connectivity index (χ4n) is 4.22. The topological polar surface area (TPSA) is 126 Å². The van der Waals surface area contributed by atoms with E-state index >= 15 is 0 Å². The van der Waals surface area contributed by atoms with Crippen molar-refractivity contribution in [3.05, 3.63) is 53.3 Å². The van der Waals surface area contributed by atoms with Crippen LogP contribution in [0.5, 0.6) is 0 Å². The van der Waals surface area contributed by atoms with Crippen LogP contribution in [0.25, 0.3) is 17.0 Å². The van der Waals surface area contributed by atoms with Crippen molar-refractivity contribution in [2.24, 2.45) is 13.0 Å². The molecule has 2 amide bonds. The second-order valence-electron chi connectivity index (χ2n) is 8.56. The van der Waals surface area contributed by atoms with Crippen molar-refractivity contribution in [1.82, 2.24) is 24.6 Å². The van der Waals surface area contributed by atoms with Crippen molar-refractivity contribution in [3.63, 3.8) is 0 Å². The Kier molecular flexibility index (Phi) is 6.34. The molecule has 35 heavy (non-hydrogen) atoms. The molecular weight excluding hydrogens is 488 g/mol. The van der Waals surface area contributed by atoms with E-state index in [-0.39, 0.29) is 10.8 Å². The number of amides is 2. The van der Waals surface area contributed by atoms with Crippen LogP contribution in [0, 0.1) is 5.92 Å². The maximum absolute atomic E-state index is 12.8. The average molecular weight is 513 g/mol. The summed E-state index contributed by atoms with van der Waals surface area (Å²) in [6, 6.07) is 8.74. The number of nitrogens with one attached hydrogen (secondary N) is 2. The summed E-state index contributed by atoms with van der Waals surface area (Å²) in [5.41, 5.74) is 1.53. The zero-order valence-electron chi connectivity index (χ0n) is 19.0. The third-order valence-corrected chi connectivity index (χ3v) is 8.44. The van der Waals surface area contributed by atoms with Crippen molar-refractivity contribution in [2.45, 2.75) is 17.7 Å². The fourth-order valence-corrected chi connectivity index (χ4v) is 6.04. The molecule has 0 radical (unpaired) electrons. The molecule has 4 heterocycles. The molecule has 2 fully saturated rings. The van der Waals surface area contributed by atoms with E-state index in [0.29, 0.717) is 36.2 Å². The highest BCUT2D eigenvalue weighted by Crippen LogP contribution is 2.26. The third-order valence-electron chi connectivity index (χ3n) is 6.21. The highest BCUT2D eigenvalue weighted by Gasteiger charge is 2.26. The minimum atomic E-state index is -3.60. The van der Waals surface area contributed by atoms with Crippen LogP contribution in [0.15, 0.2) is 52.5 Å². The number of piperidine rings is 1. The molecule has 0 unspecified atom stereocenters. The van der Waals surface area contributed by atoms with Crippen molar-refractivity contribution in [2.75, 3.05) is 24.5 Å². The highest BCUT2D eigenvalue weighted by molar-refractivity contribution is 8.18. The van der Waals surface area contributed by atoms with Crippen LogP contribution in [-0.2, 0) is 21.9 Å². The summed E-state index contributed by atoms with van der Waals surface area (Å²) in [5.74, 6) is 0.327. The Morgan fingerprint density at radius 1 is 1.20 bits per heavy atom. The first-order valence-corrected chi connectivity index (χ1v) is 13.5. The number of aryl methyl sites for hydroxylation is 1. The Balaban J connectivity index is 1.18. The molecular formula is C23H24N6O4S2. The Labute approximate surface area is 206 Å². The predicted octanol–water partition coefficient (Wildman–Crippen LogP) is 2.49. The number of imide groups is 1. The van der Waals surface area contributed by atoms with Crippen molar-refractivity contribution >= 4 is 55.9 Å². The molecule has 12 heteroatoms. The molecule has 2 N–H and O–H groups in total. The maximum atomic E-state index is 12.8. The second-order valence-corrected chi connectivity index (χ2v) is 11.3. The summed E-state index contributed by atoms with van der Waals surface area (Å²) >= 11 is 0.848. The molecule has 0 saturated carbocycles. The first kappa shape index (κ1) is 23.5. The molecule has 182 valence electrons. The number of fused-ring (bicyclic) bond motifs is 1. The van der Waals surface area contributed by atoms with Crippen LogP contribution < -0.4 is 14.9 Å². The van der Waals surface area contributed by atoms with Gasteiger partial charge in [0.1, 0.15) is 0 Å². The third kappa shape index (κ3) is 5.09. The average Bonchev–Trinajstić information content (AvgIpc) is 3.38. The Hall–Kier alpha value is -3.22. The lowest BCUT2D eigenvalue weighted by Crippen LogP contribution is -2.39. The summed E-state index contributed by atoms with van der Waals surface area (Å²) in [5, 5.41) is 2.72. The van der Waals surface area contributed by atoms with Gasteiger partial charge in [0.25, 0.3) is 11.1 Å². The van der Waals surface area contributed by atoms with E-state index in [1.54, 1.807) is 30.5 Å². The van der Waals surface area contributed by atoms with E-state index < -0.39 is 21.2 Å². The number of carbonyl (C=O) groups is 2. The smallest absolute Gasteiger partial charge is 0.290 e.